The predicted molar refractivity (Wildman–Crippen MR) is 54.5 cm³/mol. The molecule has 0 radical (unpaired) electrons. The highest BCUT2D eigenvalue weighted by atomic mass is 127. The first-order valence-electron chi connectivity index (χ1n) is 3.21. The highest BCUT2D eigenvalue weighted by molar-refractivity contribution is 14.1. The smallest absolute Gasteiger partial charge is 0.119 e. The normalized spacial score (nSPS) is 10.1. The average molecular weight is 264 g/mol. The van der Waals surface area contributed by atoms with Crippen molar-refractivity contribution in [1.82, 2.24) is 0 Å². The molecule has 54 valence electrons. The Morgan fingerprint density at radius 1 is 1.50 bits per heavy atom. The number of phenolic OH excluding ortho intramolecular Hbond substituents is 1. The second kappa shape index (κ2) is 3.38. The first-order valence-corrected chi connectivity index (χ1v) is 5.70. The Balaban J connectivity index is 3.07. The van der Waals surface area contributed by atoms with Crippen molar-refractivity contribution in [2.24, 2.45) is 0 Å². The third-order valence-corrected chi connectivity index (χ3v) is 2.86. The van der Waals surface area contributed by atoms with Gasteiger partial charge < -0.3 is 5.11 Å². The summed E-state index contributed by atoms with van der Waals surface area (Å²) in [6.45, 7) is 0. The van der Waals surface area contributed by atoms with E-state index in [0.29, 0.717) is 5.75 Å². The largest absolute Gasteiger partial charge is 0.508 e. The van der Waals surface area contributed by atoms with Crippen molar-refractivity contribution in [2.45, 2.75) is 6.04 Å². The molecule has 0 atom stereocenters. The standard InChI is InChI=1S/C7H9IOSi/c8-6-2-1-5(4-10)7(9)3-6/h1-3,9H,4H2,10H3. The third-order valence-electron chi connectivity index (χ3n) is 1.43. The highest BCUT2D eigenvalue weighted by Crippen LogP contribution is 2.19. The van der Waals surface area contributed by atoms with Gasteiger partial charge in [-0.1, -0.05) is 6.07 Å². The number of rotatable bonds is 1. The molecule has 0 spiro atoms. The zero-order chi connectivity index (χ0) is 7.56. The molecule has 1 rings (SSSR count). The lowest BCUT2D eigenvalue weighted by Crippen LogP contribution is -1.84. The highest BCUT2D eigenvalue weighted by Gasteiger charge is 1.96. The van der Waals surface area contributed by atoms with Crippen LogP contribution in [0.25, 0.3) is 0 Å². The Hall–Kier alpha value is -0.0331. The minimum absolute atomic E-state index is 0.446. The van der Waals surface area contributed by atoms with Crippen LogP contribution in [0.3, 0.4) is 0 Å². The van der Waals surface area contributed by atoms with Crippen molar-refractivity contribution >= 4 is 32.8 Å². The van der Waals surface area contributed by atoms with Gasteiger partial charge >= 0.3 is 0 Å². The molecule has 0 bridgehead atoms. The Morgan fingerprint density at radius 2 is 2.20 bits per heavy atom. The van der Waals surface area contributed by atoms with Crippen molar-refractivity contribution in [3.8, 4) is 5.75 Å². The van der Waals surface area contributed by atoms with Gasteiger partial charge in [0, 0.05) is 13.8 Å². The summed E-state index contributed by atoms with van der Waals surface area (Å²) in [6.07, 6.45) is 0. The molecule has 0 aliphatic heterocycles. The van der Waals surface area contributed by atoms with Crippen molar-refractivity contribution < 1.29 is 5.11 Å². The lowest BCUT2D eigenvalue weighted by molar-refractivity contribution is 0.470. The number of aromatic hydroxyl groups is 1. The SMILES string of the molecule is Oc1cc(I)ccc1C[SiH3]. The summed E-state index contributed by atoms with van der Waals surface area (Å²) in [5.41, 5.74) is 1.08. The maximum atomic E-state index is 9.31. The Morgan fingerprint density at radius 3 is 2.70 bits per heavy atom. The third kappa shape index (κ3) is 1.73. The van der Waals surface area contributed by atoms with E-state index in [1.54, 1.807) is 6.07 Å². The van der Waals surface area contributed by atoms with Crippen LogP contribution in [0.4, 0.5) is 0 Å². The predicted octanol–water partition coefficient (Wildman–Crippen LogP) is 0.862. The van der Waals surface area contributed by atoms with Gasteiger partial charge in [-0.25, -0.2) is 0 Å². The van der Waals surface area contributed by atoms with Gasteiger partial charge in [0.15, 0.2) is 0 Å². The average Bonchev–Trinajstić information content (AvgIpc) is 1.88. The summed E-state index contributed by atoms with van der Waals surface area (Å²) in [5, 5.41) is 9.31. The summed E-state index contributed by atoms with van der Waals surface area (Å²) in [7, 11) is 1.11. The van der Waals surface area contributed by atoms with Gasteiger partial charge in [0.05, 0.1) is 0 Å². The van der Waals surface area contributed by atoms with Crippen molar-refractivity contribution in [1.29, 1.82) is 0 Å². The molecule has 0 aliphatic rings. The minimum Gasteiger partial charge on any atom is -0.508 e. The van der Waals surface area contributed by atoms with E-state index < -0.39 is 0 Å². The lowest BCUT2D eigenvalue weighted by Gasteiger charge is -1.99. The van der Waals surface area contributed by atoms with E-state index in [1.807, 2.05) is 12.1 Å². The van der Waals surface area contributed by atoms with Gasteiger partial charge in [-0.2, -0.15) is 0 Å². The van der Waals surface area contributed by atoms with Crippen LogP contribution in [-0.4, -0.2) is 15.3 Å². The summed E-state index contributed by atoms with van der Waals surface area (Å²) in [5.74, 6) is 0.446. The van der Waals surface area contributed by atoms with E-state index in [1.165, 1.54) is 0 Å². The Kier molecular flexibility index (Phi) is 2.73. The van der Waals surface area contributed by atoms with Crippen molar-refractivity contribution in [2.75, 3.05) is 0 Å². The zero-order valence-electron chi connectivity index (χ0n) is 5.76. The van der Waals surface area contributed by atoms with E-state index >= 15 is 0 Å². The van der Waals surface area contributed by atoms with Gasteiger partial charge in [-0.15, -0.1) is 0 Å². The Bertz CT molecular complexity index is 237. The second-order valence-corrected chi connectivity index (χ2v) is 4.08. The number of hydrogen-bond acceptors (Lipinski definition) is 1. The molecule has 0 unspecified atom stereocenters. The monoisotopic (exact) mass is 264 g/mol. The molecule has 1 aromatic carbocycles. The molecule has 0 aliphatic carbocycles. The molecular formula is C7H9IOSi. The number of hydrogen-bond donors (Lipinski definition) is 1. The number of benzene rings is 1. The maximum Gasteiger partial charge on any atom is 0.119 e. The Labute approximate surface area is 77.0 Å². The van der Waals surface area contributed by atoms with E-state index in [9.17, 15) is 5.11 Å². The molecule has 1 nitrogen and oxygen atoms in total. The van der Waals surface area contributed by atoms with Gasteiger partial charge in [0.1, 0.15) is 5.75 Å². The molecule has 0 aromatic heterocycles. The van der Waals surface area contributed by atoms with Gasteiger partial charge in [0.2, 0.25) is 0 Å². The molecule has 3 heteroatoms. The van der Waals surface area contributed by atoms with Crippen LogP contribution in [0.1, 0.15) is 5.56 Å². The molecule has 1 aromatic rings. The van der Waals surface area contributed by atoms with Crippen LogP contribution in [0.15, 0.2) is 18.2 Å². The minimum atomic E-state index is 0.446. The first-order chi connectivity index (χ1) is 4.74. The van der Waals surface area contributed by atoms with E-state index in [0.717, 1.165) is 25.4 Å². The molecule has 0 saturated carbocycles. The summed E-state index contributed by atoms with van der Waals surface area (Å²) < 4.78 is 1.09. The van der Waals surface area contributed by atoms with E-state index in [-0.39, 0.29) is 0 Å². The first kappa shape index (κ1) is 8.07. The summed E-state index contributed by atoms with van der Waals surface area (Å²) >= 11 is 2.19. The quantitative estimate of drug-likeness (QED) is 0.589. The second-order valence-electron chi connectivity index (χ2n) is 2.13. The molecule has 0 amide bonds. The fourth-order valence-corrected chi connectivity index (χ4v) is 1.91. The van der Waals surface area contributed by atoms with E-state index in [4.69, 9.17) is 0 Å². The van der Waals surface area contributed by atoms with Gasteiger partial charge in [-0.3, -0.25) is 0 Å². The summed E-state index contributed by atoms with van der Waals surface area (Å²) in [6, 6.07) is 6.84. The molecule has 10 heavy (non-hydrogen) atoms. The van der Waals surface area contributed by atoms with Crippen LogP contribution < -0.4 is 0 Å². The van der Waals surface area contributed by atoms with Crippen LogP contribution in [0.2, 0.25) is 0 Å². The molecular weight excluding hydrogens is 255 g/mol. The number of halogens is 1. The van der Waals surface area contributed by atoms with Crippen LogP contribution in [0, 0.1) is 3.57 Å². The topological polar surface area (TPSA) is 20.2 Å². The lowest BCUT2D eigenvalue weighted by atomic mass is 10.2. The molecule has 1 N–H and O–H groups in total. The van der Waals surface area contributed by atoms with Gasteiger partial charge in [0.25, 0.3) is 0 Å². The van der Waals surface area contributed by atoms with Gasteiger partial charge in [-0.05, 0) is 46.3 Å². The van der Waals surface area contributed by atoms with Crippen LogP contribution in [-0.2, 0) is 6.04 Å². The van der Waals surface area contributed by atoms with Crippen LogP contribution >= 0.6 is 22.6 Å². The fourth-order valence-electron chi connectivity index (χ4n) is 0.836. The van der Waals surface area contributed by atoms with Crippen LogP contribution in [0.5, 0.6) is 5.75 Å². The summed E-state index contributed by atoms with van der Waals surface area (Å²) in [4.78, 5) is 0. The molecule has 0 saturated heterocycles. The van der Waals surface area contributed by atoms with Crippen molar-refractivity contribution in [3.63, 3.8) is 0 Å². The fraction of sp³-hybridized carbons (Fsp3) is 0.143. The van der Waals surface area contributed by atoms with E-state index in [2.05, 4.69) is 22.6 Å². The zero-order valence-corrected chi connectivity index (χ0v) is 9.92. The molecule has 0 fully saturated rings. The number of phenols is 1. The maximum absolute atomic E-state index is 9.31. The molecule has 0 heterocycles. The van der Waals surface area contributed by atoms with Crippen molar-refractivity contribution in [3.05, 3.63) is 27.3 Å².